The molecule has 0 aliphatic heterocycles. The number of hydrogen-bond acceptors (Lipinski definition) is 2. The van der Waals surface area contributed by atoms with Gasteiger partial charge in [-0.15, -0.1) is 0 Å². The highest BCUT2D eigenvalue weighted by Crippen LogP contribution is 2.77. The van der Waals surface area contributed by atoms with E-state index in [0.717, 1.165) is 36.5 Å². The largest absolute Gasteiger partial charge is 0.462 e. The van der Waals surface area contributed by atoms with Gasteiger partial charge >= 0.3 is 5.97 Å². The molecule has 5 fully saturated rings. The van der Waals surface area contributed by atoms with Gasteiger partial charge in [0, 0.05) is 11.8 Å². The quantitative estimate of drug-likeness (QED) is 0.108. The SMILES string of the molecule is C=C(C)C1CCC2(C)CCC3(C)C(CCC4C5(C)CCC(OC(=O)CCCCCCCCCCCCC)C(C)(C)C5CCC43C)C12. The lowest BCUT2D eigenvalue weighted by molar-refractivity contribution is -0.249. The summed E-state index contributed by atoms with van der Waals surface area (Å²) in [5.41, 5.74) is 3.19. The monoisotopic (exact) mass is 637 g/mol. The summed E-state index contributed by atoms with van der Waals surface area (Å²) in [4.78, 5) is 13.1. The van der Waals surface area contributed by atoms with Gasteiger partial charge in [-0.25, -0.2) is 0 Å². The Kier molecular flexibility index (Phi) is 11.3. The van der Waals surface area contributed by atoms with Crippen LogP contribution in [-0.4, -0.2) is 12.1 Å². The molecule has 264 valence electrons. The van der Waals surface area contributed by atoms with Crippen LogP contribution in [0.25, 0.3) is 0 Å². The number of ether oxygens (including phenoxy) is 1. The van der Waals surface area contributed by atoms with Crippen LogP contribution in [0.5, 0.6) is 0 Å². The molecule has 0 aromatic heterocycles. The first-order valence-electron chi connectivity index (χ1n) is 20.6. The number of hydrogen-bond donors (Lipinski definition) is 0. The Morgan fingerprint density at radius 1 is 0.674 bits per heavy atom. The minimum atomic E-state index is 0.0422. The minimum absolute atomic E-state index is 0.0422. The van der Waals surface area contributed by atoms with Crippen LogP contribution in [-0.2, 0) is 9.53 Å². The van der Waals surface area contributed by atoms with Crippen molar-refractivity contribution in [3.63, 3.8) is 0 Å². The van der Waals surface area contributed by atoms with Crippen LogP contribution < -0.4 is 0 Å². The van der Waals surface area contributed by atoms with Gasteiger partial charge in [0.15, 0.2) is 0 Å². The van der Waals surface area contributed by atoms with Crippen LogP contribution in [0.1, 0.15) is 197 Å². The van der Waals surface area contributed by atoms with Gasteiger partial charge in [-0.3, -0.25) is 4.79 Å². The van der Waals surface area contributed by atoms with Crippen LogP contribution in [0.3, 0.4) is 0 Å². The summed E-state index contributed by atoms with van der Waals surface area (Å²) in [6.45, 7) is 24.9. The summed E-state index contributed by atoms with van der Waals surface area (Å²) < 4.78 is 6.40. The molecule has 2 heteroatoms. The Balaban J connectivity index is 1.16. The van der Waals surface area contributed by atoms with Crippen LogP contribution in [0, 0.1) is 56.7 Å². The zero-order chi connectivity index (χ0) is 33.4. The molecule has 10 unspecified atom stereocenters. The Bertz CT molecular complexity index is 1060. The van der Waals surface area contributed by atoms with E-state index in [0.29, 0.717) is 34.0 Å². The fraction of sp³-hybridized carbons (Fsp3) is 0.932. The summed E-state index contributed by atoms with van der Waals surface area (Å²) in [5.74, 6) is 3.89. The summed E-state index contributed by atoms with van der Waals surface area (Å²) >= 11 is 0. The summed E-state index contributed by atoms with van der Waals surface area (Å²) in [7, 11) is 0. The molecule has 0 heterocycles. The van der Waals surface area contributed by atoms with E-state index in [9.17, 15) is 4.79 Å². The minimum Gasteiger partial charge on any atom is -0.462 e. The van der Waals surface area contributed by atoms with Crippen molar-refractivity contribution in [2.45, 2.75) is 203 Å². The highest BCUT2D eigenvalue weighted by Gasteiger charge is 2.70. The molecule has 5 rings (SSSR count). The lowest BCUT2D eigenvalue weighted by Gasteiger charge is -2.73. The zero-order valence-corrected chi connectivity index (χ0v) is 32.0. The highest BCUT2D eigenvalue weighted by atomic mass is 16.5. The molecule has 5 aliphatic rings. The van der Waals surface area contributed by atoms with E-state index in [-0.39, 0.29) is 17.5 Å². The zero-order valence-electron chi connectivity index (χ0n) is 32.0. The molecule has 0 spiro atoms. The van der Waals surface area contributed by atoms with Crippen molar-refractivity contribution in [2.24, 2.45) is 56.7 Å². The molecular weight excluding hydrogens is 560 g/mol. The van der Waals surface area contributed by atoms with Crippen LogP contribution in [0.4, 0.5) is 0 Å². The Labute approximate surface area is 286 Å². The molecule has 0 saturated heterocycles. The molecule has 0 amide bonds. The number of esters is 1. The topological polar surface area (TPSA) is 26.3 Å². The third kappa shape index (κ3) is 6.45. The van der Waals surface area contributed by atoms with Gasteiger partial charge in [-0.2, -0.15) is 0 Å². The standard InChI is InChI=1S/C44H76O2/c1-10-11-12-13-14-15-16-17-18-19-20-21-38(45)46-37-26-28-42(7)35(40(37,4)5)25-29-44(9)36(42)23-22-34-39-33(32(2)3)24-27-41(39,6)30-31-43(34,44)8/h33-37,39H,2,10-31H2,1,3-9H3. The molecule has 0 aromatic rings. The lowest BCUT2D eigenvalue weighted by atomic mass is 9.32. The van der Waals surface area contributed by atoms with Crippen molar-refractivity contribution in [1.82, 2.24) is 0 Å². The van der Waals surface area contributed by atoms with Crippen molar-refractivity contribution in [2.75, 3.05) is 0 Å². The van der Waals surface area contributed by atoms with E-state index < -0.39 is 0 Å². The molecule has 0 N–H and O–H groups in total. The number of carbonyl (C=O) groups excluding carboxylic acids is 1. The first-order chi connectivity index (χ1) is 21.7. The molecule has 0 radical (unpaired) electrons. The van der Waals surface area contributed by atoms with Crippen LogP contribution in [0.2, 0.25) is 0 Å². The summed E-state index contributed by atoms with van der Waals surface area (Å²) in [5, 5.41) is 0. The van der Waals surface area contributed by atoms with E-state index in [1.165, 1.54) is 128 Å². The summed E-state index contributed by atoms with van der Waals surface area (Å²) in [6.07, 6.45) is 28.5. The van der Waals surface area contributed by atoms with Crippen molar-refractivity contribution in [3.8, 4) is 0 Å². The average Bonchev–Trinajstić information content (AvgIpc) is 3.35. The second kappa shape index (κ2) is 14.2. The number of fused-ring (bicyclic) bond motifs is 7. The summed E-state index contributed by atoms with van der Waals surface area (Å²) in [6, 6.07) is 0. The predicted octanol–water partition coefficient (Wildman–Crippen LogP) is 13.3. The fourth-order valence-corrected chi connectivity index (χ4v) is 13.8. The van der Waals surface area contributed by atoms with Gasteiger partial charge < -0.3 is 4.74 Å². The molecule has 2 nitrogen and oxygen atoms in total. The fourth-order valence-electron chi connectivity index (χ4n) is 13.8. The number of rotatable bonds is 14. The van der Waals surface area contributed by atoms with E-state index >= 15 is 0 Å². The maximum Gasteiger partial charge on any atom is 0.306 e. The molecule has 46 heavy (non-hydrogen) atoms. The van der Waals surface area contributed by atoms with E-state index in [2.05, 4.69) is 62.0 Å². The van der Waals surface area contributed by atoms with E-state index in [1.54, 1.807) is 0 Å². The van der Waals surface area contributed by atoms with Gasteiger partial charge in [0.05, 0.1) is 0 Å². The normalized spacial score (nSPS) is 42.8. The van der Waals surface area contributed by atoms with E-state index in [4.69, 9.17) is 4.74 Å². The molecule has 0 aromatic carbocycles. The van der Waals surface area contributed by atoms with Gasteiger partial charge in [0.1, 0.15) is 6.10 Å². The Morgan fingerprint density at radius 2 is 1.30 bits per heavy atom. The first kappa shape index (κ1) is 36.5. The van der Waals surface area contributed by atoms with Crippen molar-refractivity contribution < 1.29 is 9.53 Å². The third-order valence-corrected chi connectivity index (χ3v) is 16.7. The Hall–Kier alpha value is -0.790. The molecule has 5 saturated carbocycles. The highest BCUT2D eigenvalue weighted by molar-refractivity contribution is 5.69. The van der Waals surface area contributed by atoms with Crippen LogP contribution in [0.15, 0.2) is 12.2 Å². The van der Waals surface area contributed by atoms with Crippen molar-refractivity contribution >= 4 is 5.97 Å². The van der Waals surface area contributed by atoms with Gasteiger partial charge in [-0.1, -0.05) is 125 Å². The first-order valence-corrected chi connectivity index (χ1v) is 20.6. The maximum atomic E-state index is 13.1. The van der Waals surface area contributed by atoms with Gasteiger partial charge in [0.2, 0.25) is 0 Å². The molecule has 5 aliphatic carbocycles. The maximum absolute atomic E-state index is 13.1. The molecule has 10 atom stereocenters. The number of unbranched alkanes of at least 4 members (excludes halogenated alkanes) is 10. The lowest BCUT2D eigenvalue weighted by Crippen LogP contribution is -2.66. The predicted molar refractivity (Wildman–Crippen MR) is 196 cm³/mol. The van der Waals surface area contributed by atoms with E-state index in [1.807, 2.05) is 0 Å². The Morgan fingerprint density at radius 3 is 1.93 bits per heavy atom. The van der Waals surface area contributed by atoms with Crippen molar-refractivity contribution in [3.05, 3.63) is 12.2 Å². The number of allylic oxidation sites excluding steroid dienone is 1. The van der Waals surface area contributed by atoms with Gasteiger partial charge in [-0.05, 0) is 129 Å². The van der Waals surface area contributed by atoms with Crippen LogP contribution >= 0.6 is 0 Å². The second-order valence-corrected chi connectivity index (χ2v) is 19.5. The molecular formula is C44H76O2. The molecule has 0 bridgehead atoms. The van der Waals surface area contributed by atoms with Crippen molar-refractivity contribution in [1.29, 1.82) is 0 Å². The third-order valence-electron chi connectivity index (χ3n) is 16.7. The smallest absolute Gasteiger partial charge is 0.306 e. The van der Waals surface area contributed by atoms with Gasteiger partial charge in [0.25, 0.3) is 0 Å². The number of carbonyl (C=O) groups is 1. The average molecular weight is 637 g/mol. The second-order valence-electron chi connectivity index (χ2n) is 19.5.